The minimum absolute atomic E-state index is 0.0729. The van der Waals surface area contributed by atoms with Crippen LogP contribution in [-0.4, -0.2) is 29.3 Å². The Labute approximate surface area is 174 Å². The Morgan fingerprint density at radius 1 is 1.07 bits per heavy atom. The first-order valence-electron chi connectivity index (χ1n) is 9.07. The number of nitrogens with one attached hydrogen (secondary N) is 1. The third kappa shape index (κ3) is 6.21. The van der Waals surface area contributed by atoms with Crippen LogP contribution >= 0.6 is 23.2 Å². The van der Waals surface area contributed by atoms with Crippen LogP contribution in [-0.2, 0) is 22.6 Å². The summed E-state index contributed by atoms with van der Waals surface area (Å²) in [6.07, 6.45) is 0.872. The number of carbonyl (C=O) groups is 2. The van der Waals surface area contributed by atoms with Gasteiger partial charge in [0, 0.05) is 13.1 Å². The predicted octanol–water partition coefficient (Wildman–Crippen LogP) is 4.62. The second-order valence-electron chi connectivity index (χ2n) is 6.54. The van der Waals surface area contributed by atoms with Crippen LogP contribution in [0.1, 0.15) is 31.4 Å². The van der Waals surface area contributed by atoms with Gasteiger partial charge in [0.15, 0.2) is 0 Å². The molecule has 0 aliphatic heterocycles. The van der Waals surface area contributed by atoms with Crippen molar-refractivity contribution in [3.8, 4) is 0 Å². The van der Waals surface area contributed by atoms with Gasteiger partial charge in [-0.15, -0.1) is 0 Å². The van der Waals surface area contributed by atoms with Gasteiger partial charge >= 0.3 is 0 Å². The first-order valence-corrected chi connectivity index (χ1v) is 9.83. The van der Waals surface area contributed by atoms with Gasteiger partial charge in [0.1, 0.15) is 11.9 Å². The van der Waals surface area contributed by atoms with E-state index in [9.17, 15) is 14.0 Å². The average molecular weight is 425 g/mol. The van der Waals surface area contributed by atoms with Crippen molar-refractivity contribution in [1.29, 1.82) is 0 Å². The summed E-state index contributed by atoms with van der Waals surface area (Å²) >= 11 is 12.0. The summed E-state index contributed by atoms with van der Waals surface area (Å²) < 4.78 is 13.2. The largest absolute Gasteiger partial charge is 0.354 e. The number of carbonyl (C=O) groups excluding carboxylic acids is 2. The second kappa shape index (κ2) is 10.4. The summed E-state index contributed by atoms with van der Waals surface area (Å²) in [6, 6.07) is 10.2. The van der Waals surface area contributed by atoms with Crippen LogP contribution in [0.2, 0.25) is 10.0 Å². The number of benzene rings is 2. The van der Waals surface area contributed by atoms with E-state index in [-0.39, 0.29) is 30.6 Å². The molecule has 0 bridgehead atoms. The zero-order chi connectivity index (χ0) is 20.7. The van der Waals surface area contributed by atoms with E-state index in [4.69, 9.17) is 23.2 Å². The molecule has 0 heterocycles. The lowest BCUT2D eigenvalue weighted by atomic mass is 10.1. The molecule has 0 fully saturated rings. The van der Waals surface area contributed by atoms with Crippen molar-refractivity contribution in [2.45, 2.75) is 39.3 Å². The van der Waals surface area contributed by atoms with E-state index in [1.165, 1.54) is 17.0 Å². The minimum Gasteiger partial charge on any atom is -0.354 e. The number of halogens is 3. The molecule has 2 amide bonds. The van der Waals surface area contributed by atoms with Crippen molar-refractivity contribution in [2.24, 2.45) is 0 Å². The van der Waals surface area contributed by atoms with E-state index in [0.717, 1.165) is 12.0 Å². The summed E-state index contributed by atoms with van der Waals surface area (Å²) in [5, 5.41) is 3.59. The van der Waals surface area contributed by atoms with Crippen molar-refractivity contribution in [3.05, 3.63) is 69.5 Å². The van der Waals surface area contributed by atoms with E-state index in [1.54, 1.807) is 37.3 Å². The SMILES string of the molecule is CCCNC(=O)[C@H](C)N(Cc1ccc(F)cc1)C(=O)Cc1ccc(Cl)c(Cl)c1. The molecule has 150 valence electrons. The molecular weight excluding hydrogens is 402 g/mol. The fourth-order valence-corrected chi connectivity index (χ4v) is 3.01. The normalized spacial score (nSPS) is 11.8. The Hall–Kier alpha value is -2.11. The molecule has 0 unspecified atom stereocenters. The molecule has 1 N–H and O–H groups in total. The maximum Gasteiger partial charge on any atom is 0.242 e. The van der Waals surface area contributed by atoms with Crippen LogP contribution in [0, 0.1) is 5.82 Å². The predicted molar refractivity (Wildman–Crippen MR) is 110 cm³/mol. The topological polar surface area (TPSA) is 49.4 Å². The molecule has 2 aromatic carbocycles. The van der Waals surface area contributed by atoms with Gasteiger partial charge in [0.2, 0.25) is 11.8 Å². The van der Waals surface area contributed by atoms with E-state index < -0.39 is 6.04 Å². The third-order valence-corrected chi connectivity index (χ3v) is 5.06. The molecular formula is C21H23Cl2FN2O2. The lowest BCUT2D eigenvalue weighted by molar-refractivity contribution is -0.140. The molecule has 0 aliphatic rings. The van der Waals surface area contributed by atoms with Crippen molar-refractivity contribution in [3.63, 3.8) is 0 Å². The van der Waals surface area contributed by atoms with Crippen molar-refractivity contribution < 1.29 is 14.0 Å². The van der Waals surface area contributed by atoms with Crippen LogP contribution in [0.3, 0.4) is 0 Å². The number of rotatable bonds is 8. The van der Waals surface area contributed by atoms with E-state index >= 15 is 0 Å². The van der Waals surface area contributed by atoms with Gasteiger partial charge in [-0.2, -0.15) is 0 Å². The zero-order valence-electron chi connectivity index (χ0n) is 15.8. The Bertz CT molecular complexity index is 828. The summed E-state index contributed by atoms with van der Waals surface area (Å²) in [5.74, 6) is -0.820. The van der Waals surface area contributed by atoms with Crippen LogP contribution < -0.4 is 5.32 Å². The Balaban J connectivity index is 2.21. The van der Waals surface area contributed by atoms with Crippen LogP contribution in [0.5, 0.6) is 0 Å². The molecule has 0 aliphatic carbocycles. The van der Waals surface area contributed by atoms with E-state index in [2.05, 4.69) is 5.32 Å². The number of nitrogens with zero attached hydrogens (tertiary/aromatic N) is 1. The number of hydrogen-bond acceptors (Lipinski definition) is 2. The van der Waals surface area contributed by atoms with Gasteiger partial charge in [-0.05, 0) is 48.7 Å². The Morgan fingerprint density at radius 2 is 1.71 bits per heavy atom. The van der Waals surface area contributed by atoms with Gasteiger partial charge in [-0.3, -0.25) is 9.59 Å². The van der Waals surface area contributed by atoms with Crippen LogP contribution in [0.25, 0.3) is 0 Å². The lowest BCUT2D eigenvalue weighted by Gasteiger charge is -2.29. The summed E-state index contributed by atoms with van der Waals surface area (Å²) in [4.78, 5) is 26.9. The second-order valence-corrected chi connectivity index (χ2v) is 7.35. The van der Waals surface area contributed by atoms with Crippen molar-refractivity contribution in [2.75, 3.05) is 6.54 Å². The van der Waals surface area contributed by atoms with Crippen LogP contribution in [0.15, 0.2) is 42.5 Å². The standard InChI is InChI=1S/C21H23Cl2FN2O2/c1-3-10-25-21(28)14(2)26(13-15-4-7-17(24)8-5-15)20(27)12-16-6-9-18(22)19(23)11-16/h4-9,11,14H,3,10,12-13H2,1-2H3,(H,25,28)/t14-/m0/s1. The van der Waals surface area contributed by atoms with E-state index in [0.29, 0.717) is 22.2 Å². The lowest BCUT2D eigenvalue weighted by Crippen LogP contribution is -2.48. The molecule has 2 aromatic rings. The average Bonchev–Trinajstić information content (AvgIpc) is 2.67. The molecule has 28 heavy (non-hydrogen) atoms. The summed E-state index contributed by atoms with van der Waals surface area (Å²) in [7, 11) is 0. The van der Waals surface area contributed by atoms with Crippen molar-refractivity contribution in [1.82, 2.24) is 10.2 Å². The summed E-state index contributed by atoms with van der Waals surface area (Å²) in [6.45, 7) is 4.37. The van der Waals surface area contributed by atoms with Crippen LogP contribution in [0.4, 0.5) is 4.39 Å². The maximum absolute atomic E-state index is 13.2. The minimum atomic E-state index is -0.674. The fourth-order valence-electron chi connectivity index (χ4n) is 2.69. The van der Waals surface area contributed by atoms with Gasteiger partial charge < -0.3 is 10.2 Å². The Kier molecular flexibility index (Phi) is 8.27. The molecule has 1 atom stereocenters. The zero-order valence-corrected chi connectivity index (χ0v) is 17.4. The molecule has 0 radical (unpaired) electrons. The monoisotopic (exact) mass is 424 g/mol. The molecule has 0 aromatic heterocycles. The smallest absolute Gasteiger partial charge is 0.242 e. The first kappa shape index (κ1) is 22.2. The van der Waals surface area contributed by atoms with Gasteiger partial charge in [0.05, 0.1) is 16.5 Å². The van der Waals surface area contributed by atoms with Crippen molar-refractivity contribution >= 4 is 35.0 Å². The highest BCUT2D eigenvalue weighted by atomic mass is 35.5. The van der Waals surface area contributed by atoms with Gasteiger partial charge in [-0.25, -0.2) is 4.39 Å². The quantitative estimate of drug-likeness (QED) is 0.671. The third-order valence-electron chi connectivity index (χ3n) is 4.32. The van der Waals surface area contributed by atoms with Gasteiger partial charge in [0.25, 0.3) is 0 Å². The first-order chi connectivity index (χ1) is 13.3. The molecule has 0 saturated heterocycles. The molecule has 7 heteroatoms. The number of amides is 2. The number of hydrogen-bond donors (Lipinski definition) is 1. The fraction of sp³-hybridized carbons (Fsp3) is 0.333. The highest BCUT2D eigenvalue weighted by Crippen LogP contribution is 2.23. The van der Waals surface area contributed by atoms with E-state index in [1.807, 2.05) is 6.92 Å². The molecule has 2 rings (SSSR count). The molecule has 0 spiro atoms. The van der Waals surface area contributed by atoms with Gasteiger partial charge in [-0.1, -0.05) is 48.3 Å². The Morgan fingerprint density at radius 3 is 2.32 bits per heavy atom. The molecule has 4 nitrogen and oxygen atoms in total. The highest BCUT2D eigenvalue weighted by Gasteiger charge is 2.26. The molecule has 0 saturated carbocycles. The maximum atomic E-state index is 13.2. The summed E-state index contributed by atoms with van der Waals surface area (Å²) in [5.41, 5.74) is 1.43. The highest BCUT2D eigenvalue weighted by molar-refractivity contribution is 6.42.